The number of benzene rings is 1. The van der Waals surface area contributed by atoms with Gasteiger partial charge in [0.15, 0.2) is 0 Å². The van der Waals surface area contributed by atoms with E-state index in [-0.39, 0.29) is 18.1 Å². The number of hydrogen-bond donors (Lipinski definition) is 1. The van der Waals surface area contributed by atoms with E-state index in [1.807, 2.05) is 18.2 Å². The summed E-state index contributed by atoms with van der Waals surface area (Å²) in [5.41, 5.74) is 0.813. The van der Waals surface area contributed by atoms with Crippen molar-refractivity contribution in [2.24, 2.45) is 5.92 Å². The Hall–Kier alpha value is -1.40. The van der Waals surface area contributed by atoms with Crippen molar-refractivity contribution >= 4 is 16.0 Å². The van der Waals surface area contributed by atoms with E-state index in [0.717, 1.165) is 22.7 Å². The zero-order valence-corrected chi connectivity index (χ0v) is 12.2. The third kappa shape index (κ3) is 3.80. The standard InChI is InChI=1S/C14H19NO4S/c1-15(20(18,19)10-12-7-8-12)13(14(16)17)9-11-5-3-2-4-6-11/h2-6,12-13H,7-10H2,1H3,(H,16,17). The lowest BCUT2D eigenvalue weighted by molar-refractivity contribution is -0.141. The van der Waals surface area contributed by atoms with E-state index in [0.29, 0.717) is 0 Å². The molecule has 1 aromatic carbocycles. The Labute approximate surface area is 119 Å². The molecule has 1 saturated carbocycles. The third-order valence-corrected chi connectivity index (χ3v) is 5.60. The minimum Gasteiger partial charge on any atom is -0.480 e. The molecule has 1 N–H and O–H groups in total. The first-order valence-corrected chi connectivity index (χ1v) is 8.23. The van der Waals surface area contributed by atoms with Crippen molar-refractivity contribution in [1.29, 1.82) is 0 Å². The summed E-state index contributed by atoms with van der Waals surface area (Å²) in [7, 11) is -2.15. The predicted molar refractivity (Wildman–Crippen MR) is 75.8 cm³/mol. The minimum absolute atomic E-state index is 0.0576. The van der Waals surface area contributed by atoms with Crippen LogP contribution in [0, 0.1) is 5.92 Å². The summed E-state index contributed by atoms with van der Waals surface area (Å²) in [5, 5.41) is 9.31. The molecule has 0 heterocycles. The van der Waals surface area contributed by atoms with Crippen molar-refractivity contribution in [2.45, 2.75) is 25.3 Å². The molecule has 1 atom stereocenters. The Kier molecular flexibility index (Phi) is 4.45. The molecule has 1 aromatic rings. The summed E-state index contributed by atoms with van der Waals surface area (Å²) in [5.74, 6) is -0.855. The summed E-state index contributed by atoms with van der Waals surface area (Å²) in [6.45, 7) is 0. The fraction of sp³-hybridized carbons (Fsp3) is 0.500. The van der Waals surface area contributed by atoms with Crippen molar-refractivity contribution in [1.82, 2.24) is 4.31 Å². The smallest absolute Gasteiger partial charge is 0.322 e. The first-order chi connectivity index (χ1) is 9.40. The number of hydrogen-bond acceptors (Lipinski definition) is 3. The second-order valence-corrected chi connectivity index (χ2v) is 7.36. The molecule has 0 aromatic heterocycles. The van der Waals surface area contributed by atoms with Crippen LogP contribution in [0.3, 0.4) is 0 Å². The molecule has 6 heteroatoms. The summed E-state index contributed by atoms with van der Waals surface area (Å²) in [4.78, 5) is 11.4. The van der Waals surface area contributed by atoms with E-state index in [9.17, 15) is 18.3 Å². The van der Waals surface area contributed by atoms with E-state index in [4.69, 9.17) is 0 Å². The average molecular weight is 297 g/mol. The Morgan fingerprint density at radius 1 is 1.35 bits per heavy atom. The lowest BCUT2D eigenvalue weighted by atomic mass is 10.1. The van der Waals surface area contributed by atoms with Gasteiger partial charge in [0.2, 0.25) is 10.0 Å². The van der Waals surface area contributed by atoms with Gasteiger partial charge < -0.3 is 5.11 Å². The highest BCUT2D eigenvalue weighted by Crippen LogP contribution is 2.31. The number of carboxylic acid groups (broad SMARTS) is 1. The fourth-order valence-electron chi connectivity index (χ4n) is 2.10. The minimum atomic E-state index is -3.51. The zero-order valence-electron chi connectivity index (χ0n) is 11.4. The molecule has 1 fully saturated rings. The van der Waals surface area contributed by atoms with Crippen molar-refractivity contribution in [3.05, 3.63) is 35.9 Å². The Balaban J connectivity index is 2.13. The van der Waals surface area contributed by atoms with E-state index >= 15 is 0 Å². The van der Waals surface area contributed by atoms with Crippen molar-refractivity contribution < 1.29 is 18.3 Å². The number of sulfonamides is 1. The number of nitrogens with zero attached hydrogens (tertiary/aromatic N) is 1. The third-order valence-electron chi connectivity index (χ3n) is 3.58. The number of carboxylic acids is 1. The van der Waals surface area contributed by atoms with Gasteiger partial charge in [-0.05, 0) is 30.7 Å². The molecule has 5 nitrogen and oxygen atoms in total. The first-order valence-electron chi connectivity index (χ1n) is 6.62. The molecule has 0 spiro atoms. The molecular formula is C14H19NO4S. The molecule has 110 valence electrons. The van der Waals surface area contributed by atoms with Crippen LogP contribution in [-0.2, 0) is 21.2 Å². The molecule has 1 unspecified atom stereocenters. The predicted octanol–water partition coefficient (Wildman–Crippen LogP) is 1.35. The molecule has 0 saturated heterocycles. The first kappa shape index (κ1) is 15.0. The van der Waals surface area contributed by atoms with Crippen LogP contribution in [0.1, 0.15) is 18.4 Å². The quantitative estimate of drug-likeness (QED) is 0.824. The van der Waals surface area contributed by atoms with Crippen molar-refractivity contribution in [2.75, 3.05) is 12.8 Å². The van der Waals surface area contributed by atoms with Gasteiger partial charge in [-0.3, -0.25) is 4.79 Å². The van der Waals surface area contributed by atoms with Gasteiger partial charge in [-0.2, -0.15) is 4.31 Å². The summed E-state index contributed by atoms with van der Waals surface area (Å²) in [6, 6.07) is 8.02. The van der Waals surface area contributed by atoms with E-state index in [1.165, 1.54) is 7.05 Å². The Morgan fingerprint density at radius 2 is 1.95 bits per heavy atom. The number of rotatable bonds is 7. The van der Waals surface area contributed by atoms with Crippen LogP contribution in [0.25, 0.3) is 0 Å². The lowest BCUT2D eigenvalue weighted by Gasteiger charge is -2.24. The molecule has 20 heavy (non-hydrogen) atoms. The van der Waals surface area contributed by atoms with Gasteiger partial charge in [0.25, 0.3) is 0 Å². The highest BCUT2D eigenvalue weighted by Gasteiger charge is 2.36. The van der Waals surface area contributed by atoms with E-state index in [2.05, 4.69) is 0 Å². The van der Waals surface area contributed by atoms with Crippen LogP contribution in [0.4, 0.5) is 0 Å². The Morgan fingerprint density at radius 3 is 2.45 bits per heavy atom. The Bertz CT molecular complexity index is 566. The lowest BCUT2D eigenvalue weighted by Crippen LogP contribution is -2.45. The number of aliphatic carboxylic acids is 1. The topological polar surface area (TPSA) is 74.7 Å². The molecular weight excluding hydrogens is 278 g/mol. The molecule has 0 radical (unpaired) electrons. The number of carbonyl (C=O) groups is 1. The van der Waals surface area contributed by atoms with Gasteiger partial charge >= 0.3 is 5.97 Å². The van der Waals surface area contributed by atoms with Gasteiger partial charge in [-0.15, -0.1) is 0 Å². The molecule has 0 aliphatic heterocycles. The summed E-state index contributed by atoms with van der Waals surface area (Å²) >= 11 is 0. The van der Waals surface area contributed by atoms with Crippen LogP contribution >= 0.6 is 0 Å². The molecule has 2 rings (SSSR count). The molecule has 1 aliphatic rings. The van der Waals surface area contributed by atoms with Crippen LogP contribution in [0.2, 0.25) is 0 Å². The van der Waals surface area contributed by atoms with Crippen molar-refractivity contribution in [3.63, 3.8) is 0 Å². The number of likely N-dealkylation sites (N-methyl/N-ethyl adjacent to an activating group) is 1. The maximum atomic E-state index is 12.2. The normalized spacial score (nSPS) is 17.1. The van der Waals surface area contributed by atoms with Gasteiger partial charge in [0, 0.05) is 7.05 Å². The zero-order chi connectivity index (χ0) is 14.8. The highest BCUT2D eigenvalue weighted by atomic mass is 32.2. The van der Waals surface area contributed by atoms with Crippen LogP contribution in [0.15, 0.2) is 30.3 Å². The van der Waals surface area contributed by atoms with Gasteiger partial charge in [-0.1, -0.05) is 30.3 Å². The summed E-state index contributed by atoms with van der Waals surface area (Å²) in [6.07, 6.45) is 2.02. The van der Waals surface area contributed by atoms with Gasteiger partial charge in [0.05, 0.1) is 5.75 Å². The highest BCUT2D eigenvalue weighted by molar-refractivity contribution is 7.89. The fourth-order valence-corrected chi connectivity index (χ4v) is 3.82. The molecule has 0 bridgehead atoms. The maximum Gasteiger partial charge on any atom is 0.322 e. The molecule has 1 aliphatic carbocycles. The largest absolute Gasteiger partial charge is 0.480 e. The van der Waals surface area contributed by atoms with Crippen LogP contribution in [0.5, 0.6) is 0 Å². The van der Waals surface area contributed by atoms with Gasteiger partial charge in [-0.25, -0.2) is 8.42 Å². The van der Waals surface area contributed by atoms with Gasteiger partial charge in [0.1, 0.15) is 6.04 Å². The summed E-state index contributed by atoms with van der Waals surface area (Å²) < 4.78 is 25.4. The van der Waals surface area contributed by atoms with Crippen LogP contribution < -0.4 is 0 Å². The second-order valence-electron chi connectivity index (χ2n) is 5.28. The molecule has 0 amide bonds. The van der Waals surface area contributed by atoms with Crippen molar-refractivity contribution in [3.8, 4) is 0 Å². The SMILES string of the molecule is CN(C(Cc1ccccc1)C(=O)O)S(=O)(=O)CC1CC1. The monoisotopic (exact) mass is 297 g/mol. The second kappa shape index (κ2) is 5.93. The average Bonchev–Trinajstić information content (AvgIpc) is 3.19. The van der Waals surface area contributed by atoms with E-state index < -0.39 is 22.0 Å². The van der Waals surface area contributed by atoms with Crippen LogP contribution in [-0.4, -0.2) is 42.6 Å². The van der Waals surface area contributed by atoms with E-state index in [1.54, 1.807) is 12.1 Å². The maximum absolute atomic E-state index is 12.2.